The lowest BCUT2D eigenvalue weighted by atomic mass is 9.87. The van der Waals surface area contributed by atoms with Crippen molar-refractivity contribution in [3.63, 3.8) is 0 Å². The third-order valence-electron chi connectivity index (χ3n) is 4.28. The molecule has 0 spiro atoms. The number of nitrogens with one attached hydrogen (secondary N) is 1. The van der Waals surface area contributed by atoms with Crippen LogP contribution >= 0.6 is 0 Å². The van der Waals surface area contributed by atoms with Crippen LogP contribution in [0, 0.1) is 0 Å². The Kier molecular flexibility index (Phi) is 7.32. The van der Waals surface area contributed by atoms with Crippen molar-refractivity contribution in [2.75, 3.05) is 25.6 Å². The second-order valence-electron chi connectivity index (χ2n) is 7.56. The van der Waals surface area contributed by atoms with Crippen molar-refractivity contribution in [2.45, 2.75) is 46.5 Å². The largest absolute Gasteiger partial charge is 0.495 e. The first kappa shape index (κ1) is 21.6. The van der Waals surface area contributed by atoms with Gasteiger partial charge in [0.05, 0.1) is 26.0 Å². The third-order valence-corrected chi connectivity index (χ3v) is 4.28. The predicted octanol–water partition coefficient (Wildman–Crippen LogP) is 5.43. The van der Waals surface area contributed by atoms with Crippen molar-refractivity contribution in [3.8, 4) is 17.2 Å². The van der Waals surface area contributed by atoms with E-state index in [1.54, 1.807) is 25.3 Å². The molecule has 0 radical (unpaired) electrons. The molecule has 0 saturated carbocycles. The predicted molar refractivity (Wildman–Crippen MR) is 113 cm³/mol. The lowest BCUT2D eigenvalue weighted by molar-refractivity contribution is 0.102. The maximum atomic E-state index is 12.9. The molecule has 0 fully saturated rings. The molecule has 5 heteroatoms. The van der Waals surface area contributed by atoms with Gasteiger partial charge >= 0.3 is 0 Å². The number of methoxy groups -OCH3 is 1. The topological polar surface area (TPSA) is 56.8 Å². The number of anilines is 1. The van der Waals surface area contributed by atoms with Gasteiger partial charge in [0, 0.05) is 5.56 Å². The molecule has 1 N–H and O–H groups in total. The van der Waals surface area contributed by atoms with Gasteiger partial charge in [-0.15, -0.1) is 0 Å². The van der Waals surface area contributed by atoms with Gasteiger partial charge in [-0.2, -0.15) is 0 Å². The van der Waals surface area contributed by atoms with E-state index in [1.807, 2.05) is 32.0 Å². The summed E-state index contributed by atoms with van der Waals surface area (Å²) in [6.45, 7) is 11.4. The van der Waals surface area contributed by atoms with E-state index >= 15 is 0 Å². The lowest BCUT2D eigenvalue weighted by Crippen LogP contribution is -2.16. The minimum atomic E-state index is -0.229. The fourth-order valence-electron chi connectivity index (χ4n) is 2.72. The zero-order valence-corrected chi connectivity index (χ0v) is 17.7. The normalized spacial score (nSPS) is 11.1. The van der Waals surface area contributed by atoms with Crippen LogP contribution in [-0.4, -0.2) is 26.2 Å². The molecular formula is C23H31NO4. The van der Waals surface area contributed by atoms with E-state index in [0.717, 1.165) is 12.0 Å². The molecule has 0 unspecified atom stereocenters. The average molecular weight is 386 g/mol. The highest BCUT2D eigenvalue weighted by Crippen LogP contribution is 2.33. The molecule has 0 aromatic heterocycles. The quantitative estimate of drug-likeness (QED) is 0.658. The second-order valence-corrected chi connectivity index (χ2v) is 7.56. The van der Waals surface area contributed by atoms with Crippen LogP contribution in [0.1, 0.15) is 57.0 Å². The van der Waals surface area contributed by atoms with Crippen LogP contribution in [0.3, 0.4) is 0 Å². The van der Waals surface area contributed by atoms with Crippen LogP contribution in [0.4, 0.5) is 5.69 Å². The zero-order chi connectivity index (χ0) is 20.7. The van der Waals surface area contributed by atoms with E-state index in [-0.39, 0.29) is 11.3 Å². The Bertz CT molecular complexity index is 809. The standard InChI is InChI=1S/C23H31NO4/c1-7-13-28-20-11-9-16(14-21(20)27-8-2)22(25)24-18-15-17(23(3,4)5)10-12-19(18)26-6/h9-12,14-15H,7-8,13H2,1-6H3,(H,24,25). The monoisotopic (exact) mass is 385 g/mol. The molecular weight excluding hydrogens is 354 g/mol. The summed E-state index contributed by atoms with van der Waals surface area (Å²) >= 11 is 0. The van der Waals surface area contributed by atoms with Crippen LogP contribution in [0.15, 0.2) is 36.4 Å². The van der Waals surface area contributed by atoms with Gasteiger partial charge in [-0.25, -0.2) is 0 Å². The summed E-state index contributed by atoms with van der Waals surface area (Å²) in [5.74, 6) is 1.60. The third kappa shape index (κ3) is 5.41. The summed E-state index contributed by atoms with van der Waals surface area (Å²) in [6, 6.07) is 11.1. The molecule has 152 valence electrons. The summed E-state index contributed by atoms with van der Waals surface area (Å²) in [4.78, 5) is 12.9. The number of hydrogen-bond acceptors (Lipinski definition) is 4. The van der Waals surface area contributed by atoms with Crippen molar-refractivity contribution >= 4 is 11.6 Å². The Morgan fingerprint density at radius 3 is 2.29 bits per heavy atom. The highest BCUT2D eigenvalue weighted by molar-refractivity contribution is 6.05. The van der Waals surface area contributed by atoms with Crippen molar-refractivity contribution in [3.05, 3.63) is 47.5 Å². The van der Waals surface area contributed by atoms with E-state index < -0.39 is 0 Å². The minimum absolute atomic E-state index is 0.0356. The summed E-state index contributed by atoms with van der Waals surface area (Å²) in [7, 11) is 1.59. The molecule has 0 bridgehead atoms. The van der Waals surface area contributed by atoms with Gasteiger partial charge in [0.1, 0.15) is 5.75 Å². The maximum absolute atomic E-state index is 12.9. The van der Waals surface area contributed by atoms with Gasteiger partial charge < -0.3 is 19.5 Å². The Morgan fingerprint density at radius 2 is 1.68 bits per heavy atom. The van der Waals surface area contributed by atoms with Gasteiger partial charge in [-0.3, -0.25) is 4.79 Å². The molecule has 0 heterocycles. The van der Waals surface area contributed by atoms with E-state index in [0.29, 0.717) is 41.7 Å². The lowest BCUT2D eigenvalue weighted by Gasteiger charge is -2.21. The van der Waals surface area contributed by atoms with Crippen molar-refractivity contribution < 1.29 is 19.0 Å². The van der Waals surface area contributed by atoms with Gasteiger partial charge in [-0.05, 0) is 54.7 Å². The van der Waals surface area contributed by atoms with Crippen molar-refractivity contribution in [1.82, 2.24) is 0 Å². The summed E-state index contributed by atoms with van der Waals surface area (Å²) in [5, 5.41) is 2.96. The van der Waals surface area contributed by atoms with Crippen LogP contribution < -0.4 is 19.5 Å². The molecule has 0 atom stereocenters. The summed E-state index contributed by atoms with van der Waals surface area (Å²) in [5.41, 5.74) is 2.22. The Morgan fingerprint density at radius 1 is 0.964 bits per heavy atom. The smallest absolute Gasteiger partial charge is 0.255 e. The van der Waals surface area contributed by atoms with Gasteiger partial charge in [0.2, 0.25) is 0 Å². The van der Waals surface area contributed by atoms with Crippen molar-refractivity contribution in [2.24, 2.45) is 0 Å². The highest BCUT2D eigenvalue weighted by atomic mass is 16.5. The first-order chi connectivity index (χ1) is 13.3. The van der Waals surface area contributed by atoms with E-state index in [2.05, 4.69) is 26.1 Å². The van der Waals surface area contributed by atoms with E-state index in [4.69, 9.17) is 14.2 Å². The Hall–Kier alpha value is -2.69. The Labute approximate surface area is 168 Å². The molecule has 28 heavy (non-hydrogen) atoms. The first-order valence-electron chi connectivity index (χ1n) is 9.69. The van der Waals surface area contributed by atoms with Crippen LogP contribution in [0.25, 0.3) is 0 Å². The number of hydrogen-bond donors (Lipinski definition) is 1. The number of ether oxygens (including phenoxy) is 3. The van der Waals surface area contributed by atoms with E-state index in [9.17, 15) is 4.79 Å². The molecule has 2 aromatic rings. The number of rotatable bonds is 8. The number of carbonyl (C=O) groups excluding carboxylic acids is 1. The van der Waals surface area contributed by atoms with Gasteiger partial charge in [0.15, 0.2) is 11.5 Å². The minimum Gasteiger partial charge on any atom is -0.495 e. The molecule has 2 rings (SSSR count). The zero-order valence-electron chi connectivity index (χ0n) is 17.7. The molecule has 0 aliphatic rings. The SMILES string of the molecule is CCCOc1ccc(C(=O)Nc2cc(C(C)(C)C)ccc2OC)cc1OCC. The first-order valence-corrected chi connectivity index (χ1v) is 9.69. The molecule has 2 aromatic carbocycles. The molecule has 0 aliphatic heterocycles. The number of amides is 1. The van der Waals surface area contributed by atoms with E-state index in [1.165, 1.54) is 0 Å². The van der Waals surface area contributed by atoms with Gasteiger partial charge in [-0.1, -0.05) is 33.8 Å². The van der Waals surface area contributed by atoms with Crippen LogP contribution in [-0.2, 0) is 5.41 Å². The molecule has 0 saturated heterocycles. The molecule has 1 amide bonds. The van der Waals surface area contributed by atoms with Crippen LogP contribution in [0.2, 0.25) is 0 Å². The number of benzene rings is 2. The summed E-state index contributed by atoms with van der Waals surface area (Å²) in [6.07, 6.45) is 0.901. The average Bonchev–Trinajstić information content (AvgIpc) is 2.66. The molecule has 5 nitrogen and oxygen atoms in total. The number of carbonyl (C=O) groups is 1. The second kappa shape index (κ2) is 9.49. The fourth-order valence-corrected chi connectivity index (χ4v) is 2.72. The van der Waals surface area contributed by atoms with Crippen LogP contribution in [0.5, 0.6) is 17.2 Å². The Balaban J connectivity index is 2.30. The fraction of sp³-hybridized carbons (Fsp3) is 0.435. The highest BCUT2D eigenvalue weighted by Gasteiger charge is 2.18. The van der Waals surface area contributed by atoms with Crippen molar-refractivity contribution in [1.29, 1.82) is 0 Å². The maximum Gasteiger partial charge on any atom is 0.255 e. The molecule has 0 aliphatic carbocycles. The van der Waals surface area contributed by atoms with Gasteiger partial charge in [0.25, 0.3) is 5.91 Å². The summed E-state index contributed by atoms with van der Waals surface area (Å²) < 4.78 is 16.8.